The highest BCUT2D eigenvalue weighted by atomic mass is 16.6. The smallest absolute Gasteiger partial charge is 0.216 e. The Morgan fingerprint density at radius 1 is 1.00 bits per heavy atom. The molecule has 1 unspecified atom stereocenters. The minimum atomic E-state index is -0.394. The molecule has 0 spiro atoms. The molecule has 5 nitrogen and oxygen atoms in total. The minimum Gasteiger partial charge on any atom is -0.303 e. The number of fused-ring (bicyclic) bond motifs is 1. The second kappa shape index (κ2) is 7.03. The number of hydrogen-bond acceptors (Lipinski definition) is 3. The summed E-state index contributed by atoms with van der Waals surface area (Å²) in [6.07, 6.45) is 1.92. The maximum atomic E-state index is 11.5. The molecule has 27 heavy (non-hydrogen) atoms. The van der Waals surface area contributed by atoms with Crippen molar-refractivity contribution in [3.63, 3.8) is 0 Å². The predicted molar refractivity (Wildman–Crippen MR) is 106 cm³/mol. The van der Waals surface area contributed by atoms with Crippen molar-refractivity contribution in [3.8, 4) is 11.3 Å². The van der Waals surface area contributed by atoms with E-state index in [4.69, 9.17) is 4.98 Å². The molecular formula is C22H19N3O2. The molecule has 2 aromatic carbocycles. The Kier molecular flexibility index (Phi) is 4.42. The lowest BCUT2D eigenvalue weighted by atomic mass is 9.92. The quantitative estimate of drug-likeness (QED) is 0.384. The normalized spacial score (nSPS) is 12.2. The van der Waals surface area contributed by atoms with E-state index in [2.05, 4.69) is 0 Å². The van der Waals surface area contributed by atoms with E-state index in [0.29, 0.717) is 0 Å². The first-order valence-electron chi connectivity index (χ1n) is 8.84. The lowest BCUT2D eigenvalue weighted by Gasteiger charge is -2.15. The van der Waals surface area contributed by atoms with Gasteiger partial charge in [-0.05, 0) is 24.6 Å². The van der Waals surface area contributed by atoms with E-state index in [-0.39, 0.29) is 11.5 Å². The molecule has 2 aromatic heterocycles. The third-order valence-electron chi connectivity index (χ3n) is 4.76. The second-order valence-electron chi connectivity index (χ2n) is 6.62. The van der Waals surface area contributed by atoms with E-state index in [1.807, 2.05) is 90.3 Å². The van der Waals surface area contributed by atoms with E-state index in [0.717, 1.165) is 33.7 Å². The zero-order valence-electron chi connectivity index (χ0n) is 14.9. The van der Waals surface area contributed by atoms with Gasteiger partial charge in [0.1, 0.15) is 5.65 Å². The fourth-order valence-electron chi connectivity index (χ4n) is 3.46. The van der Waals surface area contributed by atoms with Crippen molar-refractivity contribution in [3.05, 3.63) is 106 Å². The highest BCUT2D eigenvalue weighted by Gasteiger charge is 2.28. The number of pyridine rings is 1. The molecule has 1 atom stereocenters. The monoisotopic (exact) mass is 357 g/mol. The van der Waals surface area contributed by atoms with Crippen molar-refractivity contribution in [2.75, 3.05) is 6.54 Å². The summed E-state index contributed by atoms with van der Waals surface area (Å²) in [7, 11) is 0. The molecule has 0 bridgehead atoms. The van der Waals surface area contributed by atoms with Crippen molar-refractivity contribution in [2.45, 2.75) is 12.8 Å². The third-order valence-corrected chi connectivity index (χ3v) is 4.76. The number of nitrogens with zero attached hydrogens (tertiary/aromatic N) is 3. The average molecular weight is 357 g/mol. The van der Waals surface area contributed by atoms with Crippen LogP contribution in [0.4, 0.5) is 0 Å². The summed E-state index contributed by atoms with van der Waals surface area (Å²) in [4.78, 5) is 16.0. The number of imidazole rings is 1. The molecule has 2 heterocycles. The molecule has 0 N–H and O–H groups in total. The van der Waals surface area contributed by atoms with E-state index in [1.165, 1.54) is 0 Å². The molecule has 0 radical (unpaired) electrons. The van der Waals surface area contributed by atoms with Crippen molar-refractivity contribution >= 4 is 5.65 Å². The Labute approximate surface area is 157 Å². The van der Waals surface area contributed by atoms with Crippen molar-refractivity contribution in [1.82, 2.24) is 9.38 Å². The van der Waals surface area contributed by atoms with Crippen LogP contribution in [-0.4, -0.2) is 20.9 Å². The zero-order chi connectivity index (χ0) is 18.8. The number of aryl methyl sites for hydroxylation is 1. The highest BCUT2D eigenvalue weighted by Crippen LogP contribution is 2.34. The molecule has 5 heteroatoms. The lowest BCUT2D eigenvalue weighted by molar-refractivity contribution is -0.482. The van der Waals surface area contributed by atoms with Crippen LogP contribution >= 0.6 is 0 Å². The Morgan fingerprint density at radius 3 is 2.41 bits per heavy atom. The van der Waals surface area contributed by atoms with Gasteiger partial charge >= 0.3 is 0 Å². The first-order chi connectivity index (χ1) is 13.1. The van der Waals surface area contributed by atoms with Gasteiger partial charge < -0.3 is 4.40 Å². The van der Waals surface area contributed by atoms with Crippen molar-refractivity contribution in [2.24, 2.45) is 0 Å². The third kappa shape index (κ3) is 3.31. The molecule has 0 aliphatic rings. The lowest BCUT2D eigenvalue weighted by Crippen LogP contribution is -2.16. The van der Waals surface area contributed by atoms with Crippen LogP contribution in [0.25, 0.3) is 16.9 Å². The Bertz CT molecular complexity index is 1090. The molecule has 0 aliphatic carbocycles. The fraction of sp³-hybridized carbons (Fsp3) is 0.136. The summed E-state index contributed by atoms with van der Waals surface area (Å²) in [6, 6.07) is 23.5. The molecule has 4 rings (SSSR count). The maximum absolute atomic E-state index is 11.5. The predicted octanol–water partition coefficient (Wildman–Crippen LogP) is 4.72. The van der Waals surface area contributed by atoms with Crippen LogP contribution in [0.15, 0.2) is 79.0 Å². The summed E-state index contributed by atoms with van der Waals surface area (Å²) < 4.78 is 1.97. The summed E-state index contributed by atoms with van der Waals surface area (Å²) in [6.45, 7) is 1.85. The number of benzene rings is 2. The average Bonchev–Trinajstić information content (AvgIpc) is 3.06. The molecule has 0 saturated heterocycles. The van der Waals surface area contributed by atoms with Crippen LogP contribution in [0.5, 0.6) is 0 Å². The molecule has 134 valence electrons. The van der Waals surface area contributed by atoms with Crippen LogP contribution < -0.4 is 0 Å². The Balaban J connectivity index is 1.98. The molecule has 0 amide bonds. The summed E-state index contributed by atoms with van der Waals surface area (Å²) in [5, 5.41) is 11.5. The summed E-state index contributed by atoms with van der Waals surface area (Å²) >= 11 is 0. The number of nitro groups is 1. The largest absolute Gasteiger partial charge is 0.303 e. The van der Waals surface area contributed by atoms with E-state index in [9.17, 15) is 10.1 Å². The summed E-state index contributed by atoms with van der Waals surface area (Å²) in [5.41, 5.74) is 5.45. The Morgan fingerprint density at radius 2 is 1.70 bits per heavy atom. The van der Waals surface area contributed by atoms with Gasteiger partial charge in [-0.3, -0.25) is 10.1 Å². The first kappa shape index (κ1) is 17.0. The zero-order valence-corrected chi connectivity index (χ0v) is 14.9. The van der Waals surface area contributed by atoms with Crippen molar-refractivity contribution < 1.29 is 4.92 Å². The van der Waals surface area contributed by atoms with E-state index < -0.39 is 5.92 Å². The number of rotatable bonds is 5. The molecule has 0 aliphatic heterocycles. The van der Waals surface area contributed by atoms with Gasteiger partial charge in [-0.15, -0.1) is 0 Å². The van der Waals surface area contributed by atoms with Crippen LogP contribution in [0, 0.1) is 17.0 Å². The molecule has 4 aromatic rings. The van der Waals surface area contributed by atoms with Crippen LogP contribution in [0.2, 0.25) is 0 Å². The number of aromatic nitrogens is 2. The number of hydrogen-bond donors (Lipinski definition) is 0. The van der Waals surface area contributed by atoms with E-state index in [1.54, 1.807) is 0 Å². The van der Waals surface area contributed by atoms with Crippen LogP contribution in [0.1, 0.15) is 22.7 Å². The van der Waals surface area contributed by atoms with Crippen molar-refractivity contribution in [1.29, 1.82) is 0 Å². The van der Waals surface area contributed by atoms with Gasteiger partial charge in [-0.1, -0.05) is 66.2 Å². The topological polar surface area (TPSA) is 60.4 Å². The van der Waals surface area contributed by atoms with Gasteiger partial charge in [0, 0.05) is 16.7 Å². The van der Waals surface area contributed by atoms with Gasteiger partial charge in [0.05, 0.1) is 17.3 Å². The second-order valence-corrected chi connectivity index (χ2v) is 6.62. The SMILES string of the molecule is Cc1ccc(-c2nc3ccccn3c2C(C[N+](=O)[O-])c2ccccc2)cc1. The van der Waals surface area contributed by atoms with E-state index >= 15 is 0 Å². The molecule has 0 fully saturated rings. The van der Waals surface area contributed by atoms with Crippen LogP contribution in [-0.2, 0) is 0 Å². The standard InChI is InChI=1S/C22H19N3O2/c1-16-10-12-18(13-11-16)21-22(24-14-6-5-9-20(24)23-21)19(15-25(26)27)17-7-3-2-4-8-17/h2-14,19H,15H2,1H3. The highest BCUT2D eigenvalue weighted by molar-refractivity contribution is 5.68. The van der Waals surface area contributed by atoms with Crippen LogP contribution in [0.3, 0.4) is 0 Å². The Hall–Kier alpha value is -3.47. The molecule has 0 saturated carbocycles. The van der Waals surface area contributed by atoms with Gasteiger partial charge in [-0.25, -0.2) is 4.98 Å². The molecular weight excluding hydrogens is 338 g/mol. The summed E-state index contributed by atoms with van der Waals surface area (Å²) in [5.74, 6) is -0.394. The fourth-order valence-corrected chi connectivity index (χ4v) is 3.46. The van der Waals surface area contributed by atoms with Gasteiger partial charge in [0.15, 0.2) is 0 Å². The van der Waals surface area contributed by atoms with Gasteiger partial charge in [-0.2, -0.15) is 0 Å². The minimum absolute atomic E-state index is 0.189. The van der Waals surface area contributed by atoms with Gasteiger partial charge in [0.2, 0.25) is 6.54 Å². The first-order valence-corrected chi connectivity index (χ1v) is 8.84. The van der Waals surface area contributed by atoms with Gasteiger partial charge in [0.25, 0.3) is 0 Å². The maximum Gasteiger partial charge on any atom is 0.216 e.